The minimum absolute atomic E-state index is 0.160. The van der Waals surface area contributed by atoms with Crippen LogP contribution in [0, 0.1) is 0 Å². The van der Waals surface area contributed by atoms with E-state index in [0.717, 1.165) is 25.9 Å². The zero-order chi connectivity index (χ0) is 13.4. The molecule has 2 bridgehead atoms. The van der Waals surface area contributed by atoms with Gasteiger partial charge in [0.2, 0.25) is 5.91 Å². The average Bonchev–Trinajstić information content (AvgIpc) is 2.91. The molecule has 3 saturated heterocycles. The second kappa shape index (κ2) is 5.41. The van der Waals surface area contributed by atoms with Gasteiger partial charge in [-0.15, -0.1) is 0 Å². The van der Waals surface area contributed by atoms with Gasteiger partial charge in [0, 0.05) is 31.7 Å². The zero-order valence-electron chi connectivity index (χ0n) is 12.3. The molecule has 0 aromatic carbocycles. The summed E-state index contributed by atoms with van der Waals surface area (Å²) in [5.41, 5.74) is 0. The van der Waals surface area contributed by atoms with E-state index < -0.39 is 0 Å². The molecule has 3 aliphatic rings. The van der Waals surface area contributed by atoms with Gasteiger partial charge in [0.1, 0.15) is 0 Å². The Morgan fingerprint density at radius 3 is 2.47 bits per heavy atom. The molecule has 19 heavy (non-hydrogen) atoms. The van der Waals surface area contributed by atoms with Crippen molar-refractivity contribution in [3.63, 3.8) is 0 Å². The Morgan fingerprint density at radius 2 is 1.95 bits per heavy atom. The normalized spacial score (nSPS) is 38.5. The Bertz CT molecular complexity index is 334. The summed E-state index contributed by atoms with van der Waals surface area (Å²) in [4.78, 5) is 16.8. The molecule has 3 heterocycles. The third-order valence-electron chi connectivity index (χ3n) is 5.20. The third kappa shape index (κ3) is 2.52. The molecule has 0 aliphatic carbocycles. The van der Waals surface area contributed by atoms with Crippen LogP contribution in [-0.2, 0) is 4.79 Å². The minimum Gasteiger partial charge on any atom is -0.344 e. The zero-order valence-corrected chi connectivity index (χ0v) is 12.3. The number of fused-ring (bicyclic) bond motifs is 2. The van der Waals surface area contributed by atoms with Crippen molar-refractivity contribution in [2.24, 2.45) is 0 Å². The van der Waals surface area contributed by atoms with Gasteiger partial charge in [0.05, 0.1) is 6.04 Å². The number of carbonyl (C=O) groups is 1. The Kier molecular flexibility index (Phi) is 3.81. The number of nitrogens with zero attached hydrogens (tertiary/aromatic N) is 2. The smallest absolute Gasteiger partial charge is 0.239 e. The van der Waals surface area contributed by atoms with Crippen LogP contribution in [0.25, 0.3) is 0 Å². The van der Waals surface area contributed by atoms with E-state index >= 15 is 0 Å². The van der Waals surface area contributed by atoms with Crippen molar-refractivity contribution in [1.82, 2.24) is 15.1 Å². The minimum atomic E-state index is 0.160. The van der Waals surface area contributed by atoms with Crippen molar-refractivity contribution in [2.75, 3.05) is 20.1 Å². The van der Waals surface area contributed by atoms with Crippen LogP contribution in [0.1, 0.15) is 45.4 Å². The largest absolute Gasteiger partial charge is 0.344 e. The van der Waals surface area contributed by atoms with Crippen molar-refractivity contribution in [2.45, 2.75) is 69.6 Å². The van der Waals surface area contributed by atoms with Crippen LogP contribution < -0.4 is 5.32 Å². The molecule has 108 valence electrons. The summed E-state index contributed by atoms with van der Waals surface area (Å²) >= 11 is 0. The quantitative estimate of drug-likeness (QED) is 0.830. The van der Waals surface area contributed by atoms with Crippen LogP contribution in [0.15, 0.2) is 0 Å². The maximum Gasteiger partial charge on any atom is 0.239 e. The maximum absolute atomic E-state index is 12.3. The lowest BCUT2D eigenvalue weighted by atomic mass is 9.96. The molecule has 0 spiro atoms. The summed E-state index contributed by atoms with van der Waals surface area (Å²) in [6.07, 6.45) is 7.31. The Labute approximate surface area is 116 Å². The van der Waals surface area contributed by atoms with Crippen molar-refractivity contribution < 1.29 is 4.79 Å². The second-order valence-electron chi connectivity index (χ2n) is 6.57. The van der Waals surface area contributed by atoms with E-state index in [2.05, 4.69) is 17.1 Å². The summed E-state index contributed by atoms with van der Waals surface area (Å²) in [7, 11) is 1.94. The number of likely N-dealkylation sites (N-methyl/N-ethyl adjacent to an activating group) is 1. The van der Waals surface area contributed by atoms with Crippen molar-refractivity contribution in [3.05, 3.63) is 0 Å². The molecule has 1 N–H and O–H groups in total. The number of carbonyl (C=O) groups excluding carboxylic acids is 1. The number of rotatable bonds is 4. The molecule has 3 fully saturated rings. The van der Waals surface area contributed by atoms with Gasteiger partial charge in [-0.3, -0.25) is 9.69 Å². The fourth-order valence-corrected chi connectivity index (χ4v) is 4.26. The van der Waals surface area contributed by atoms with Gasteiger partial charge in [-0.05, 0) is 45.1 Å². The molecule has 4 heteroatoms. The summed E-state index contributed by atoms with van der Waals surface area (Å²) < 4.78 is 0. The lowest BCUT2D eigenvalue weighted by Crippen LogP contribution is -2.53. The number of hydrogen-bond acceptors (Lipinski definition) is 3. The van der Waals surface area contributed by atoms with Crippen LogP contribution in [0.4, 0.5) is 0 Å². The number of likely N-dealkylation sites (tertiary alicyclic amines) is 1. The molecule has 1 amide bonds. The van der Waals surface area contributed by atoms with E-state index in [1.54, 1.807) is 0 Å². The van der Waals surface area contributed by atoms with Gasteiger partial charge in [0.15, 0.2) is 0 Å². The van der Waals surface area contributed by atoms with Crippen LogP contribution >= 0.6 is 0 Å². The first kappa shape index (κ1) is 13.4. The van der Waals surface area contributed by atoms with E-state index in [1.165, 1.54) is 25.7 Å². The maximum atomic E-state index is 12.3. The lowest BCUT2D eigenvalue weighted by Gasteiger charge is -2.40. The monoisotopic (exact) mass is 265 g/mol. The SMILES string of the molecule is CCCN(C1CC2CCC(C1)N2)C1CCN(C)C1=O. The van der Waals surface area contributed by atoms with Crippen LogP contribution in [0.3, 0.4) is 0 Å². The van der Waals surface area contributed by atoms with Gasteiger partial charge in [0.25, 0.3) is 0 Å². The molecule has 3 atom stereocenters. The number of hydrogen-bond donors (Lipinski definition) is 1. The molecular formula is C15H27N3O. The summed E-state index contributed by atoms with van der Waals surface area (Å²) in [6, 6.07) is 2.20. The number of nitrogens with one attached hydrogen (secondary N) is 1. The molecule has 3 rings (SSSR count). The molecule has 4 nitrogen and oxygen atoms in total. The van der Waals surface area contributed by atoms with Gasteiger partial charge < -0.3 is 10.2 Å². The molecule has 0 aromatic heterocycles. The van der Waals surface area contributed by atoms with Gasteiger partial charge in [-0.25, -0.2) is 0 Å². The van der Waals surface area contributed by atoms with Gasteiger partial charge in [-0.2, -0.15) is 0 Å². The van der Waals surface area contributed by atoms with E-state index in [4.69, 9.17) is 0 Å². The van der Waals surface area contributed by atoms with Crippen LogP contribution in [-0.4, -0.2) is 60.0 Å². The fourth-order valence-electron chi connectivity index (χ4n) is 4.26. The number of amides is 1. The highest BCUT2D eigenvalue weighted by molar-refractivity contribution is 5.83. The summed E-state index contributed by atoms with van der Waals surface area (Å²) in [5, 5.41) is 3.71. The summed E-state index contributed by atoms with van der Waals surface area (Å²) in [6.45, 7) is 4.24. The highest BCUT2D eigenvalue weighted by Crippen LogP contribution is 2.32. The molecular weight excluding hydrogens is 238 g/mol. The first-order valence-corrected chi connectivity index (χ1v) is 7.95. The first-order chi connectivity index (χ1) is 9.19. The summed E-state index contributed by atoms with van der Waals surface area (Å²) in [5.74, 6) is 0.347. The van der Waals surface area contributed by atoms with Crippen molar-refractivity contribution in [3.8, 4) is 0 Å². The first-order valence-electron chi connectivity index (χ1n) is 7.95. The number of piperidine rings is 1. The Morgan fingerprint density at radius 1 is 1.26 bits per heavy atom. The van der Waals surface area contributed by atoms with E-state index in [0.29, 0.717) is 24.0 Å². The molecule has 3 unspecified atom stereocenters. The topological polar surface area (TPSA) is 35.6 Å². The van der Waals surface area contributed by atoms with Crippen molar-refractivity contribution >= 4 is 5.91 Å². The van der Waals surface area contributed by atoms with Crippen LogP contribution in [0.5, 0.6) is 0 Å². The van der Waals surface area contributed by atoms with E-state index in [-0.39, 0.29) is 6.04 Å². The van der Waals surface area contributed by atoms with E-state index in [9.17, 15) is 4.79 Å². The van der Waals surface area contributed by atoms with Gasteiger partial charge >= 0.3 is 0 Å². The van der Waals surface area contributed by atoms with Crippen LogP contribution in [0.2, 0.25) is 0 Å². The average molecular weight is 265 g/mol. The predicted molar refractivity (Wildman–Crippen MR) is 76.0 cm³/mol. The molecule has 3 aliphatic heterocycles. The molecule has 0 saturated carbocycles. The third-order valence-corrected chi connectivity index (χ3v) is 5.20. The Hall–Kier alpha value is -0.610. The highest BCUT2D eigenvalue weighted by atomic mass is 16.2. The standard InChI is InChI=1S/C15H27N3O/c1-3-7-18(14-6-8-17(2)15(14)19)13-9-11-4-5-12(10-13)16-11/h11-14,16H,3-10H2,1-2H3. The Balaban J connectivity index is 1.72. The second-order valence-corrected chi connectivity index (χ2v) is 6.57. The van der Waals surface area contributed by atoms with Gasteiger partial charge in [-0.1, -0.05) is 6.92 Å². The van der Waals surface area contributed by atoms with E-state index in [1.807, 2.05) is 11.9 Å². The highest BCUT2D eigenvalue weighted by Gasteiger charge is 2.41. The fraction of sp³-hybridized carbons (Fsp3) is 0.933. The molecule has 0 radical (unpaired) electrons. The lowest BCUT2D eigenvalue weighted by molar-refractivity contribution is -0.132. The molecule has 0 aromatic rings. The predicted octanol–water partition coefficient (Wildman–Crippen LogP) is 1.21. The van der Waals surface area contributed by atoms with Crippen molar-refractivity contribution in [1.29, 1.82) is 0 Å².